The minimum Gasteiger partial charge on any atom is -0.457 e. The van der Waals surface area contributed by atoms with E-state index < -0.39 is 10.9 Å². The number of halogens is 2. The summed E-state index contributed by atoms with van der Waals surface area (Å²) < 4.78 is 5.95. The molecule has 7 heteroatoms. The van der Waals surface area contributed by atoms with E-state index >= 15 is 0 Å². The number of nitro groups is 1. The van der Waals surface area contributed by atoms with E-state index in [0.29, 0.717) is 0 Å². The van der Waals surface area contributed by atoms with Crippen molar-refractivity contribution in [1.82, 2.24) is 0 Å². The number of nitrogens with zero attached hydrogens (tertiary/aromatic N) is 1. The number of carbonyl (C=O) groups is 1. The first-order chi connectivity index (χ1) is 9.97. The summed E-state index contributed by atoms with van der Waals surface area (Å²) in [7, 11) is 0. The van der Waals surface area contributed by atoms with E-state index in [-0.39, 0.29) is 22.9 Å². The van der Waals surface area contributed by atoms with Crippen LogP contribution in [-0.4, -0.2) is 10.9 Å². The number of ether oxygens (including phenoxy) is 1. The Labute approximate surface area is 133 Å². The molecule has 0 atom stereocenters. The van der Waals surface area contributed by atoms with Gasteiger partial charge in [0.05, 0.1) is 4.92 Å². The van der Waals surface area contributed by atoms with Gasteiger partial charge in [-0.3, -0.25) is 10.1 Å². The maximum atomic E-state index is 12.0. The monoisotopic (exact) mass is 369 g/mol. The smallest absolute Gasteiger partial charge is 0.345 e. The van der Waals surface area contributed by atoms with Gasteiger partial charge >= 0.3 is 5.97 Å². The third-order valence-corrected chi connectivity index (χ3v) is 3.36. The standard InChI is InChI=1S/C14H9BrClNO4/c15-10-3-1-2-9(6-10)8-21-14(18)12-5-4-11(16)7-13(12)17(19)20/h1-7H,8H2. The Hall–Kier alpha value is -1.92. The Balaban J connectivity index is 2.15. The van der Waals surface area contributed by atoms with Crippen LogP contribution in [0.4, 0.5) is 5.69 Å². The van der Waals surface area contributed by atoms with Gasteiger partial charge in [-0.05, 0) is 29.8 Å². The minimum absolute atomic E-state index is 0.0258. The minimum atomic E-state index is -0.765. The van der Waals surface area contributed by atoms with Crippen LogP contribution in [-0.2, 0) is 11.3 Å². The molecule has 0 N–H and O–H groups in total. The molecule has 108 valence electrons. The summed E-state index contributed by atoms with van der Waals surface area (Å²) in [6.45, 7) is 0.0258. The van der Waals surface area contributed by atoms with E-state index in [1.165, 1.54) is 12.1 Å². The second-order valence-electron chi connectivity index (χ2n) is 4.12. The van der Waals surface area contributed by atoms with E-state index in [2.05, 4.69) is 15.9 Å². The zero-order valence-corrected chi connectivity index (χ0v) is 12.9. The maximum absolute atomic E-state index is 12.0. The van der Waals surface area contributed by atoms with Crippen molar-refractivity contribution in [3.63, 3.8) is 0 Å². The molecule has 0 aliphatic heterocycles. The molecule has 0 radical (unpaired) electrons. The Morgan fingerprint density at radius 2 is 2.05 bits per heavy atom. The van der Waals surface area contributed by atoms with Crippen LogP contribution in [0.5, 0.6) is 0 Å². The van der Waals surface area contributed by atoms with E-state index in [4.69, 9.17) is 16.3 Å². The van der Waals surface area contributed by atoms with Crippen LogP contribution in [0.15, 0.2) is 46.9 Å². The molecule has 0 heterocycles. The summed E-state index contributed by atoms with van der Waals surface area (Å²) in [4.78, 5) is 22.2. The molecule has 2 aromatic rings. The summed E-state index contributed by atoms with van der Waals surface area (Å²) in [5.74, 6) is -0.765. The van der Waals surface area contributed by atoms with E-state index in [9.17, 15) is 14.9 Å². The summed E-state index contributed by atoms with van der Waals surface area (Å²) in [6.07, 6.45) is 0. The zero-order chi connectivity index (χ0) is 15.4. The number of hydrogen-bond acceptors (Lipinski definition) is 4. The second kappa shape index (κ2) is 6.69. The van der Waals surface area contributed by atoms with Crippen molar-refractivity contribution in [2.24, 2.45) is 0 Å². The highest BCUT2D eigenvalue weighted by molar-refractivity contribution is 9.10. The van der Waals surface area contributed by atoms with E-state index in [1.54, 1.807) is 18.2 Å². The van der Waals surface area contributed by atoms with E-state index in [1.807, 2.05) is 6.07 Å². The van der Waals surface area contributed by atoms with Crippen LogP contribution < -0.4 is 0 Å². The Morgan fingerprint density at radius 3 is 2.71 bits per heavy atom. The molecule has 0 aliphatic carbocycles. The van der Waals surface area contributed by atoms with Crippen molar-refractivity contribution in [3.05, 3.63) is 73.2 Å². The van der Waals surface area contributed by atoms with Crippen molar-refractivity contribution in [1.29, 1.82) is 0 Å². The SMILES string of the molecule is O=C(OCc1cccc(Br)c1)c1ccc(Cl)cc1[N+](=O)[O-]. The summed E-state index contributed by atoms with van der Waals surface area (Å²) >= 11 is 9.00. The molecule has 0 amide bonds. The molecule has 2 aromatic carbocycles. The third-order valence-electron chi connectivity index (χ3n) is 2.64. The van der Waals surface area contributed by atoms with Crippen molar-refractivity contribution in [2.45, 2.75) is 6.61 Å². The van der Waals surface area contributed by atoms with Crippen molar-refractivity contribution in [3.8, 4) is 0 Å². The summed E-state index contributed by atoms with van der Waals surface area (Å²) in [6, 6.07) is 11.0. The average Bonchev–Trinajstić information content (AvgIpc) is 2.44. The Morgan fingerprint density at radius 1 is 1.29 bits per heavy atom. The van der Waals surface area contributed by atoms with Crippen LogP contribution >= 0.6 is 27.5 Å². The van der Waals surface area contributed by atoms with Gasteiger partial charge in [0.25, 0.3) is 5.69 Å². The molecular weight excluding hydrogens is 362 g/mol. The topological polar surface area (TPSA) is 69.4 Å². The van der Waals surface area contributed by atoms with Gasteiger partial charge in [0.1, 0.15) is 12.2 Å². The number of nitro benzene ring substituents is 1. The normalized spacial score (nSPS) is 10.2. The first kappa shape index (κ1) is 15.5. The number of esters is 1. The molecule has 0 unspecified atom stereocenters. The van der Waals surface area contributed by atoms with Crippen LogP contribution in [0, 0.1) is 10.1 Å². The van der Waals surface area contributed by atoms with Gasteiger partial charge in [-0.1, -0.05) is 39.7 Å². The van der Waals surface area contributed by atoms with Gasteiger partial charge < -0.3 is 4.74 Å². The Bertz CT molecular complexity index is 705. The number of carbonyl (C=O) groups excluding carboxylic acids is 1. The highest BCUT2D eigenvalue weighted by Gasteiger charge is 2.21. The van der Waals surface area contributed by atoms with Crippen LogP contribution in [0.2, 0.25) is 5.02 Å². The number of hydrogen-bond donors (Lipinski definition) is 0. The molecule has 0 saturated carbocycles. The maximum Gasteiger partial charge on any atom is 0.345 e. The summed E-state index contributed by atoms with van der Waals surface area (Å²) in [5.41, 5.74) is 0.274. The molecule has 2 rings (SSSR count). The van der Waals surface area contributed by atoms with Crippen molar-refractivity contribution < 1.29 is 14.5 Å². The van der Waals surface area contributed by atoms with Gasteiger partial charge in [-0.2, -0.15) is 0 Å². The predicted octanol–water partition coefficient (Wildman–Crippen LogP) is 4.37. The first-order valence-electron chi connectivity index (χ1n) is 5.83. The lowest BCUT2D eigenvalue weighted by molar-refractivity contribution is -0.385. The van der Waals surface area contributed by atoms with Gasteiger partial charge in [-0.25, -0.2) is 4.79 Å². The largest absolute Gasteiger partial charge is 0.457 e. The molecule has 0 aromatic heterocycles. The van der Waals surface area contributed by atoms with E-state index in [0.717, 1.165) is 16.1 Å². The van der Waals surface area contributed by atoms with Crippen molar-refractivity contribution in [2.75, 3.05) is 0 Å². The fourth-order valence-electron chi connectivity index (χ4n) is 1.68. The molecule has 0 bridgehead atoms. The molecule has 5 nitrogen and oxygen atoms in total. The summed E-state index contributed by atoms with van der Waals surface area (Å²) in [5, 5.41) is 11.1. The van der Waals surface area contributed by atoms with Crippen LogP contribution in [0.25, 0.3) is 0 Å². The molecule has 21 heavy (non-hydrogen) atoms. The lowest BCUT2D eigenvalue weighted by Crippen LogP contribution is -2.08. The number of benzene rings is 2. The predicted molar refractivity (Wildman–Crippen MR) is 81.4 cm³/mol. The third kappa shape index (κ3) is 4.03. The Kier molecular flexibility index (Phi) is 4.93. The molecule has 0 saturated heterocycles. The zero-order valence-electron chi connectivity index (χ0n) is 10.6. The average molecular weight is 371 g/mol. The highest BCUT2D eigenvalue weighted by Crippen LogP contribution is 2.24. The highest BCUT2D eigenvalue weighted by atomic mass is 79.9. The van der Waals surface area contributed by atoms with Crippen LogP contribution in [0.1, 0.15) is 15.9 Å². The van der Waals surface area contributed by atoms with Gasteiger partial charge in [0.15, 0.2) is 0 Å². The first-order valence-corrected chi connectivity index (χ1v) is 7.00. The fourth-order valence-corrected chi connectivity index (χ4v) is 2.29. The second-order valence-corrected chi connectivity index (χ2v) is 5.48. The van der Waals surface area contributed by atoms with Crippen LogP contribution in [0.3, 0.4) is 0 Å². The lowest BCUT2D eigenvalue weighted by Gasteiger charge is -2.06. The lowest BCUT2D eigenvalue weighted by atomic mass is 10.2. The van der Waals surface area contributed by atoms with Crippen molar-refractivity contribution >= 4 is 39.2 Å². The van der Waals surface area contributed by atoms with Gasteiger partial charge in [-0.15, -0.1) is 0 Å². The van der Waals surface area contributed by atoms with Gasteiger partial charge in [0, 0.05) is 15.6 Å². The quantitative estimate of drug-likeness (QED) is 0.455. The molecule has 0 aliphatic rings. The molecular formula is C14H9BrClNO4. The fraction of sp³-hybridized carbons (Fsp3) is 0.0714. The number of rotatable bonds is 4. The molecule has 0 spiro atoms. The molecule has 0 fully saturated rings. The van der Waals surface area contributed by atoms with Gasteiger partial charge in [0.2, 0.25) is 0 Å².